The smallest absolute Gasteiger partial charge is 0.260 e. The molecule has 0 radical (unpaired) electrons. The third kappa shape index (κ3) is 4.96. The first-order chi connectivity index (χ1) is 12.1. The molecule has 25 heavy (non-hydrogen) atoms. The Morgan fingerprint density at radius 1 is 1.48 bits per heavy atom. The third-order valence-corrected chi connectivity index (χ3v) is 4.38. The van der Waals surface area contributed by atoms with Crippen LogP contribution in [0.1, 0.15) is 12.0 Å². The average molecular weight is 364 g/mol. The zero-order valence-electron chi connectivity index (χ0n) is 14.2. The average Bonchev–Trinajstić information content (AvgIpc) is 2.98. The number of benzene rings is 1. The van der Waals surface area contributed by atoms with Gasteiger partial charge >= 0.3 is 0 Å². The first-order valence-electron chi connectivity index (χ1n) is 8.37. The number of nitrogens with zero attached hydrogens (tertiary/aromatic N) is 3. The van der Waals surface area contributed by atoms with E-state index < -0.39 is 0 Å². The third-order valence-electron chi connectivity index (χ3n) is 4.14. The second-order valence-electron chi connectivity index (χ2n) is 6.11. The maximum atomic E-state index is 12.5. The van der Waals surface area contributed by atoms with Crippen LogP contribution >= 0.6 is 11.6 Å². The molecule has 7 heteroatoms. The molecule has 6 nitrogen and oxygen atoms in total. The van der Waals surface area contributed by atoms with Gasteiger partial charge in [0.1, 0.15) is 5.75 Å². The van der Waals surface area contributed by atoms with Crippen molar-refractivity contribution in [3.05, 3.63) is 47.2 Å². The molecule has 0 N–H and O–H groups in total. The predicted octanol–water partition coefficient (Wildman–Crippen LogP) is 2.54. The van der Waals surface area contributed by atoms with Gasteiger partial charge in [-0.05, 0) is 43.2 Å². The highest BCUT2D eigenvalue weighted by atomic mass is 35.5. The summed E-state index contributed by atoms with van der Waals surface area (Å²) in [5.74, 6) is 0.641. The standard InChI is InChI=1S/C18H22ClN3O3/c1-14-10-15(19)4-5-17(14)25-13-18(23)21-7-3-9-24-16(11-21)12-22-8-2-6-20-22/h2,4-6,8,10,16H,3,7,9,11-13H2,1H3/t16-/m0/s1. The first kappa shape index (κ1) is 17.8. The molecule has 134 valence electrons. The van der Waals surface area contributed by atoms with Crippen molar-refractivity contribution >= 4 is 17.5 Å². The lowest BCUT2D eigenvalue weighted by molar-refractivity contribution is -0.134. The SMILES string of the molecule is Cc1cc(Cl)ccc1OCC(=O)N1CCCO[C@H](Cn2cccn2)C1. The van der Waals surface area contributed by atoms with E-state index >= 15 is 0 Å². The maximum Gasteiger partial charge on any atom is 0.260 e. The molecule has 1 amide bonds. The highest BCUT2D eigenvalue weighted by Crippen LogP contribution is 2.22. The Morgan fingerprint density at radius 3 is 3.12 bits per heavy atom. The van der Waals surface area contributed by atoms with Gasteiger partial charge in [-0.3, -0.25) is 9.48 Å². The Morgan fingerprint density at radius 2 is 2.36 bits per heavy atom. The number of carbonyl (C=O) groups excluding carboxylic acids is 1. The van der Waals surface area contributed by atoms with Gasteiger partial charge < -0.3 is 14.4 Å². The predicted molar refractivity (Wildman–Crippen MR) is 94.8 cm³/mol. The number of aromatic nitrogens is 2. The monoisotopic (exact) mass is 363 g/mol. The molecule has 1 atom stereocenters. The van der Waals surface area contributed by atoms with Gasteiger partial charge in [-0.25, -0.2) is 0 Å². The molecular formula is C18H22ClN3O3. The van der Waals surface area contributed by atoms with Crippen molar-refractivity contribution in [1.82, 2.24) is 14.7 Å². The number of amides is 1. The molecule has 1 aliphatic rings. The van der Waals surface area contributed by atoms with E-state index in [1.165, 1.54) is 0 Å². The highest BCUT2D eigenvalue weighted by molar-refractivity contribution is 6.30. The number of rotatable bonds is 5. The van der Waals surface area contributed by atoms with Crippen LogP contribution in [-0.2, 0) is 16.1 Å². The summed E-state index contributed by atoms with van der Waals surface area (Å²) in [7, 11) is 0. The van der Waals surface area contributed by atoms with Crippen molar-refractivity contribution in [2.45, 2.75) is 26.0 Å². The molecule has 1 fully saturated rings. The van der Waals surface area contributed by atoms with E-state index in [0.29, 0.717) is 37.0 Å². The molecule has 0 unspecified atom stereocenters. The van der Waals surface area contributed by atoms with Gasteiger partial charge in [0.25, 0.3) is 5.91 Å². The van der Waals surface area contributed by atoms with Gasteiger partial charge in [0.2, 0.25) is 0 Å². The summed E-state index contributed by atoms with van der Waals surface area (Å²) in [5.41, 5.74) is 0.913. The van der Waals surface area contributed by atoms with Gasteiger partial charge in [0.15, 0.2) is 6.61 Å². The lowest BCUT2D eigenvalue weighted by Gasteiger charge is -2.24. The van der Waals surface area contributed by atoms with Crippen LogP contribution in [0.5, 0.6) is 5.75 Å². The Hall–Kier alpha value is -2.05. The van der Waals surface area contributed by atoms with Gasteiger partial charge in [-0.2, -0.15) is 5.10 Å². The number of ether oxygens (including phenoxy) is 2. The van der Waals surface area contributed by atoms with Crippen LogP contribution in [-0.4, -0.2) is 53.0 Å². The van der Waals surface area contributed by atoms with E-state index in [-0.39, 0.29) is 18.6 Å². The molecular weight excluding hydrogens is 342 g/mol. The first-order valence-corrected chi connectivity index (χ1v) is 8.75. The van der Waals surface area contributed by atoms with Crippen LogP contribution < -0.4 is 4.74 Å². The number of hydrogen-bond acceptors (Lipinski definition) is 4. The molecule has 1 aliphatic heterocycles. The minimum absolute atomic E-state index is 0.0109. The lowest BCUT2D eigenvalue weighted by atomic mass is 10.2. The highest BCUT2D eigenvalue weighted by Gasteiger charge is 2.23. The second kappa shape index (κ2) is 8.36. The van der Waals surface area contributed by atoms with E-state index in [1.807, 2.05) is 34.8 Å². The van der Waals surface area contributed by atoms with Gasteiger partial charge in [-0.1, -0.05) is 11.6 Å². The Labute approximate surface area is 152 Å². The fraction of sp³-hybridized carbons (Fsp3) is 0.444. The van der Waals surface area contributed by atoms with E-state index in [9.17, 15) is 4.79 Å². The molecule has 0 aliphatic carbocycles. The maximum absolute atomic E-state index is 12.5. The second-order valence-corrected chi connectivity index (χ2v) is 6.55. The Bertz CT molecular complexity index is 706. The summed E-state index contributed by atoms with van der Waals surface area (Å²) in [6.07, 6.45) is 4.39. The summed E-state index contributed by atoms with van der Waals surface area (Å²) in [4.78, 5) is 14.4. The van der Waals surface area contributed by atoms with Crippen molar-refractivity contribution < 1.29 is 14.3 Å². The fourth-order valence-corrected chi connectivity index (χ4v) is 3.08. The topological polar surface area (TPSA) is 56.6 Å². The van der Waals surface area contributed by atoms with Crippen molar-refractivity contribution in [2.24, 2.45) is 0 Å². The van der Waals surface area contributed by atoms with Crippen molar-refractivity contribution in [3.63, 3.8) is 0 Å². The zero-order chi connectivity index (χ0) is 17.6. The van der Waals surface area contributed by atoms with E-state index in [4.69, 9.17) is 21.1 Å². The number of aryl methyl sites for hydroxylation is 1. The summed E-state index contributed by atoms with van der Waals surface area (Å²) < 4.78 is 13.3. The summed E-state index contributed by atoms with van der Waals surface area (Å²) in [6.45, 7) is 4.42. The molecule has 0 saturated carbocycles. The molecule has 2 heterocycles. The molecule has 2 aromatic rings. The van der Waals surface area contributed by atoms with Crippen molar-refractivity contribution in [3.8, 4) is 5.75 Å². The van der Waals surface area contributed by atoms with Crippen LogP contribution in [0.25, 0.3) is 0 Å². The molecule has 3 rings (SSSR count). The Kier molecular flexibility index (Phi) is 5.94. The largest absolute Gasteiger partial charge is 0.483 e. The quantitative estimate of drug-likeness (QED) is 0.819. The number of hydrogen-bond donors (Lipinski definition) is 0. The van der Waals surface area contributed by atoms with Gasteiger partial charge in [-0.15, -0.1) is 0 Å². The van der Waals surface area contributed by atoms with Gasteiger partial charge in [0, 0.05) is 37.1 Å². The normalized spacial score (nSPS) is 18.0. The van der Waals surface area contributed by atoms with Gasteiger partial charge in [0.05, 0.1) is 12.6 Å². The van der Waals surface area contributed by atoms with Crippen LogP contribution in [0.4, 0.5) is 0 Å². The fourth-order valence-electron chi connectivity index (χ4n) is 2.85. The molecule has 1 aromatic carbocycles. The zero-order valence-corrected chi connectivity index (χ0v) is 15.0. The molecule has 1 saturated heterocycles. The van der Waals surface area contributed by atoms with Crippen LogP contribution in [0.3, 0.4) is 0 Å². The number of carbonyl (C=O) groups is 1. The van der Waals surface area contributed by atoms with E-state index in [2.05, 4.69) is 5.10 Å². The van der Waals surface area contributed by atoms with E-state index in [0.717, 1.165) is 12.0 Å². The van der Waals surface area contributed by atoms with E-state index in [1.54, 1.807) is 18.3 Å². The number of halogens is 1. The minimum Gasteiger partial charge on any atom is -0.483 e. The summed E-state index contributed by atoms with van der Waals surface area (Å²) in [6, 6.07) is 7.24. The van der Waals surface area contributed by atoms with Crippen LogP contribution in [0.2, 0.25) is 5.02 Å². The summed E-state index contributed by atoms with van der Waals surface area (Å²) >= 11 is 5.94. The van der Waals surface area contributed by atoms with Crippen molar-refractivity contribution in [2.75, 3.05) is 26.3 Å². The molecule has 0 bridgehead atoms. The van der Waals surface area contributed by atoms with Crippen LogP contribution in [0.15, 0.2) is 36.7 Å². The summed E-state index contributed by atoms with van der Waals surface area (Å²) in [5, 5.41) is 4.86. The Balaban J connectivity index is 1.56. The molecule has 1 aromatic heterocycles. The lowest BCUT2D eigenvalue weighted by Crippen LogP contribution is -2.40. The van der Waals surface area contributed by atoms with Crippen molar-refractivity contribution in [1.29, 1.82) is 0 Å². The molecule has 0 spiro atoms. The van der Waals surface area contributed by atoms with Crippen LogP contribution in [0, 0.1) is 6.92 Å². The minimum atomic E-state index is -0.0661.